The smallest absolute Gasteiger partial charge is 0.253 e. The average Bonchev–Trinajstić information content (AvgIpc) is 2.30. The zero-order chi connectivity index (χ0) is 13.3. The standard InChI is InChI=1S/C11H26N4O2/c1-5-6-15(8-7-14(2)3)10(9-17-4)11(16)13-12/h10H,5-9,12H2,1-4H3,(H,13,16). The van der Waals surface area contributed by atoms with Gasteiger partial charge < -0.3 is 9.64 Å². The van der Waals surface area contributed by atoms with Crippen LogP contribution >= 0.6 is 0 Å². The van der Waals surface area contributed by atoms with Gasteiger partial charge in [0, 0.05) is 20.2 Å². The summed E-state index contributed by atoms with van der Waals surface area (Å²) in [5.41, 5.74) is 2.20. The van der Waals surface area contributed by atoms with Crippen LogP contribution in [0.3, 0.4) is 0 Å². The predicted octanol–water partition coefficient (Wildman–Crippen LogP) is -0.735. The first-order valence-electron chi connectivity index (χ1n) is 5.95. The Morgan fingerprint density at radius 2 is 2.00 bits per heavy atom. The number of nitrogens with zero attached hydrogens (tertiary/aromatic N) is 2. The zero-order valence-corrected chi connectivity index (χ0v) is 11.4. The number of carbonyl (C=O) groups is 1. The van der Waals surface area contributed by atoms with E-state index in [9.17, 15) is 4.79 Å². The molecule has 6 heteroatoms. The first-order chi connectivity index (χ1) is 8.06. The summed E-state index contributed by atoms with van der Waals surface area (Å²) >= 11 is 0. The molecule has 0 spiro atoms. The van der Waals surface area contributed by atoms with Crippen LogP contribution < -0.4 is 11.3 Å². The summed E-state index contributed by atoms with van der Waals surface area (Å²) in [6.07, 6.45) is 0.992. The monoisotopic (exact) mass is 246 g/mol. The lowest BCUT2D eigenvalue weighted by molar-refractivity contribution is -0.128. The van der Waals surface area contributed by atoms with Gasteiger partial charge in [-0.1, -0.05) is 6.92 Å². The molecule has 0 heterocycles. The van der Waals surface area contributed by atoms with Crippen molar-refractivity contribution in [1.29, 1.82) is 0 Å². The molecular weight excluding hydrogens is 220 g/mol. The molecule has 1 unspecified atom stereocenters. The fraction of sp³-hybridized carbons (Fsp3) is 0.909. The van der Waals surface area contributed by atoms with Crippen molar-refractivity contribution in [3.8, 4) is 0 Å². The Kier molecular flexibility index (Phi) is 8.97. The highest BCUT2D eigenvalue weighted by Gasteiger charge is 2.24. The maximum absolute atomic E-state index is 11.7. The van der Waals surface area contributed by atoms with Gasteiger partial charge in [0.05, 0.1) is 6.61 Å². The number of amides is 1. The molecule has 0 bridgehead atoms. The topological polar surface area (TPSA) is 70.8 Å². The van der Waals surface area contributed by atoms with Gasteiger partial charge in [-0.25, -0.2) is 5.84 Å². The van der Waals surface area contributed by atoms with Crippen molar-refractivity contribution < 1.29 is 9.53 Å². The molecule has 0 aliphatic carbocycles. The van der Waals surface area contributed by atoms with Gasteiger partial charge in [-0.3, -0.25) is 15.1 Å². The van der Waals surface area contributed by atoms with Crippen molar-refractivity contribution in [2.24, 2.45) is 5.84 Å². The Morgan fingerprint density at radius 3 is 2.41 bits per heavy atom. The first kappa shape index (κ1) is 16.3. The quantitative estimate of drug-likeness (QED) is 0.319. The molecule has 0 saturated carbocycles. The molecule has 6 nitrogen and oxygen atoms in total. The van der Waals surface area contributed by atoms with E-state index in [0.717, 1.165) is 26.1 Å². The van der Waals surface area contributed by atoms with Crippen LogP contribution in [0.25, 0.3) is 0 Å². The van der Waals surface area contributed by atoms with Gasteiger partial charge in [0.25, 0.3) is 5.91 Å². The van der Waals surface area contributed by atoms with Gasteiger partial charge in [-0.05, 0) is 27.1 Å². The minimum atomic E-state index is -0.315. The van der Waals surface area contributed by atoms with Crippen LogP contribution in [0.15, 0.2) is 0 Å². The lowest BCUT2D eigenvalue weighted by Crippen LogP contribution is -2.53. The minimum Gasteiger partial charge on any atom is -0.383 e. The summed E-state index contributed by atoms with van der Waals surface area (Å²) in [5.74, 6) is 5.01. The Labute approximate surface area is 104 Å². The molecular formula is C11H26N4O2. The number of nitrogens with one attached hydrogen (secondary N) is 1. The summed E-state index contributed by atoms with van der Waals surface area (Å²) in [5, 5.41) is 0. The van der Waals surface area contributed by atoms with E-state index >= 15 is 0 Å². The molecule has 0 aromatic carbocycles. The zero-order valence-electron chi connectivity index (χ0n) is 11.4. The van der Waals surface area contributed by atoms with E-state index in [0.29, 0.717) is 6.61 Å². The lowest BCUT2D eigenvalue weighted by Gasteiger charge is -2.30. The molecule has 17 heavy (non-hydrogen) atoms. The summed E-state index contributed by atoms with van der Waals surface area (Å²) < 4.78 is 5.09. The number of hydrogen-bond donors (Lipinski definition) is 2. The molecule has 0 aromatic rings. The molecule has 0 aliphatic rings. The van der Waals surface area contributed by atoms with Gasteiger partial charge in [0.15, 0.2) is 0 Å². The lowest BCUT2D eigenvalue weighted by atomic mass is 10.2. The second-order valence-electron chi connectivity index (χ2n) is 4.32. The van der Waals surface area contributed by atoms with E-state index in [-0.39, 0.29) is 11.9 Å². The van der Waals surface area contributed by atoms with Crippen LogP contribution in [-0.2, 0) is 9.53 Å². The van der Waals surface area contributed by atoms with Crippen LogP contribution in [0.4, 0.5) is 0 Å². The highest BCUT2D eigenvalue weighted by molar-refractivity contribution is 5.81. The molecule has 1 amide bonds. The van der Waals surface area contributed by atoms with Crippen LogP contribution in [0, 0.1) is 0 Å². The van der Waals surface area contributed by atoms with Crippen molar-refractivity contribution in [3.63, 3.8) is 0 Å². The summed E-state index contributed by atoms with van der Waals surface area (Å²) in [6, 6.07) is -0.315. The summed E-state index contributed by atoms with van der Waals surface area (Å²) in [7, 11) is 5.61. The fourth-order valence-electron chi connectivity index (χ4n) is 1.64. The number of methoxy groups -OCH3 is 1. The molecule has 0 aliphatic heterocycles. The van der Waals surface area contributed by atoms with E-state index in [1.165, 1.54) is 0 Å². The Hall–Kier alpha value is -0.690. The molecule has 3 N–H and O–H groups in total. The summed E-state index contributed by atoms with van der Waals surface area (Å²) in [6.45, 7) is 5.03. The number of nitrogens with two attached hydrogens (primary N) is 1. The molecule has 0 aromatic heterocycles. The van der Waals surface area contributed by atoms with Gasteiger partial charge in [-0.2, -0.15) is 0 Å². The second-order valence-corrected chi connectivity index (χ2v) is 4.32. The Morgan fingerprint density at radius 1 is 1.35 bits per heavy atom. The van der Waals surface area contributed by atoms with Crippen molar-refractivity contribution in [2.75, 3.05) is 47.4 Å². The highest BCUT2D eigenvalue weighted by atomic mass is 16.5. The third kappa shape index (κ3) is 6.58. The summed E-state index contributed by atoms with van der Waals surface area (Å²) in [4.78, 5) is 15.9. The van der Waals surface area contributed by atoms with Gasteiger partial charge in [0.2, 0.25) is 0 Å². The van der Waals surface area contributed by atoms with Crippen molar-refractivity contribution in [2.45, 2.75) is 19.4 Å². The number of hydrazine groups is 1. The first-order valence-corrected chi connectivity index (χ1v) is 5.95. The number of ether oxygens (including phenoxy) is 1. The third-order valence-corrected chi connectivity index (χ3v) is 2.56. The molecule has 0 radical (unpaired) electrons. The van der Waals surface area contributed by atoms with Crippen LogP contribution in [0.1, 0.15) is 13.3 Å². The molecule has 102 valence electrons. The van der Waals surface area contributed by atoms with Crippen LogP contribution in [-0.4, -0.2) is 69.2 Å². The van der Waals surface area contributed by atoms with Crippen molar-refractivity contribution in [3.05, 3.63) is 0 Å². The second kappa shape index (κ2) is 9.35. The third-order valence-electron chi connectivity index (χ3n) is 2.56. The van der Waals surface area contributed by atoms with Gasteiger partial charge >= 0.3 is 0 Å². The van der Waals surface area contributed by atoms with E-state index < -0.39 is 0 Å². The maximum Gasteiger partial charge on any atom is 0.253 e. The van der Waals surface area contributed by atoms with Crippen LogP contribution in [0.5, 0.6) is 0 Å². The fourth-order valence-corrected chi connectivity index (χ4v) is 1.64. The predicted molar refractivity (Wildman–Crippen MR) is 68.4 cm³/mol. The van der Waals surface area contributed by atoms with E-state index in [1.54, 1.807) is 7.11 Å². The van der Waals surface area contributed by atoms with Crippen molar-refractivity contribution >= 4 is 5.91 Å². The highest BCUT2D eigenvalue weighted by Crippen LogP contribution is 2.02. The maximum atomic E-state index is 11.7. The van der Waals surface area contributed by atoms with Crippen LogP contribution in [0.2, 0.25) is 0 Å². The van der Waals surface area contributed by atoms with Gasteiger partial charge in [-0.15, -0.1) is 0 Å². The van der Waals surface area contributed by atoms with E-state index in [4.69, 9.17) is 10.6 Å². The SMILES string of the molecule is CCCN(CCN(C)C)C(COC)C(=O)NN. The number of carbonyl (C=O) groups excluding carboxylic acids is 1. The number of likely N-dealkylation sites (N-methyl/N-ethyl adjacent to an activating group) is 1. The van der Waals surface area contributed by atoms with Gasteiger partial charge in [0.1, 0.15) is 6.04 Å². The molecule has 0 rings (SSSR count). The molecule has 0 saturated heterocycles. The Balaban J connectivity index is 4.51. The minimum absolute atomic E-state index is 0.195. The number of hydrogen-bond acceptors (Lipinski definition) is 5. The Bertz CT molecular complexity index is 212. The van der Waals surface area contributed by atoms with E-state index in [1.807, 2.05) is 14.1 Å². The average molecular weight is 246 g/mol. The largest absolute Gasteiger partial charge is 0.383 e. The normalized spacial score (nSPS) is 13.1. The molecule has 0 fully saturated rings. The molecule has 1 atom stereocenters. The number of rotatable bonds is 9. The van der Waals surface area contributed by atoms with E-state index in [2.05, 4.69) is 22.1 Å². The van der Waals surface area contributed by atoms with Crippen molar-refractivity contribution in [1.82, 2.24) is 15.2 Å².